The Morgan fingerprint density at radius 2 is 1.82 bits per heavy atom. The van der Waals surface area contributed by atoms with Crippen LogP contribution in [0.4, 0.5) is 5.69 Å². The second kappa shape index (κ2) is 7.94. The number of hydrogen-bond donors (Lipinski definition) is 1. The molecule has 0 spiro atoms. The molecule has 2 aromatic heterocycles. The van der Waals surface area contributed by atoms with E-state index in [1.54, 1.807) is 0 Å². The van der Waals surface area contributed by atoms with Crippen molar-refractivity contribution < 1.29 is 9.47 Å². The summed E-state index contributed by atoms with van der Waals surface area (Å²) in [5, 5.41) is 4.17. The minimum atomic E-state index is -0.123. The van der Waals surface area contributed by atoms with Crippen molar-refractivity contribution in [3.8, 4) is 17.2 Å². The average Bonchev–Trinajstić information content (AvgIpc) is 3.57. The maximum Gasteiger partial charge on any atom is 0.231 e. The molecule has 7 heteroatoms. The van der Waals surface area contributed by atoms with Crippen molar-refractivity contribution in [2.45, 2.75) is 19.0 Å². The fraction of sp³-hybridized carbons (Fsp3) is 0.154. The molecule has 2 aliphatic rings. The predicted octanol–water partition coefficient (Wildman–Crippen LogP) is 5.09. The molecule has 0 radical (unpaired) electrons. The third-order valence-electron chi connectivity index (χ3n) is 6.19. The summed E-state index contributed by atoms with van der Waals surface area (Å²) in [6.07, 6.45) is 3.92. The molecule has 1 N–H and O–H groups in total. The molecule has 1 fully saturated rings. The van der Waals surface area contributed by atoms with Gasteiger partial charge in [0.15, 0.2) is 16.6 Å². The smallest absolute Gasteiger partial charge is 0.231 e. The van der Waals surface area contributed by atoms with Gasteiger partial charge in [0.1, 0.15) is 6.04 Å². The molecule has 33 heavy (non-hydrogen) atoms. The number of para-hydroxylation sites is 1. The summed E-state index contributed by atoms with van der Waals surface area (Å²) in [5.74, 6) is 1.47. The molecule has 2 aromatic carbocycles. The van der Waals surface area contributed by atoms with Crippen LogP contribution in [0.2, 0.25) is 0 Å². The highest BCUT2D eigenvalue weighted by Crippen LogP contribution is 2.45. The fourth-order valence-corrected chi connectivity index (χ4v) is 5.00. The topological polar surface area (TPSA) is 51.6 Å². The van der Waals surface area contributed by atoms with Gasteiger partial charge in [-0.1, -0.05) is 24.3 Å². The largest absolute Gasteiger partial charge is 0.454 e. The van der Waals surface area contributed by atoms with Crippen LogP contribution in [0.5, 0.6) is 11.5 Å². The Bertz CT molecular complexity index is 1340. The van der Waals surface area contributed by atoms with Crippen molar-refractivity contribution in [3.05, 3.63) is 102 Å². The van der Waals surface area contributed by atoms with Crippen molar-refractivity contribution in [3.63, 3.8) is 0 Å². The van der Waals surface area contributed by atoms with E-state index in [2.05, 4.69) is 69.3 Å². The van der Waals surface area contributed by atoms with Gasteiger partial charge in [0.05, 0.1) is 11.7 Å². The summed E-state index contributed by atoms with van der Waals surface area (Å²) < 4.78 is 13.4. The number of aryl methyl sites for hydroxylation is 1. The van der Waals surface area contributed by atoms with E-state index in [4.69, 9.17) is 21.7 Å². The Labute approximate surface area is 197 Å². The zero-order chi connectivity index (χ0) is 22.4. The highest BCUT2D eigenvalue weighted by molar-refractivity contribution is 7.80. The molecule has 0 aliphatic carbocycles. The van der Waals surface area contributed by atoms with E-state index in [1.165, 1.54) is 5.56 Å². The molecule has 2 aliphatic heterocycles. The van der Waals surface area contributed by atoms with Gasteiger partial charge in [-0.05, 0) is 67.2 Å². The molecule has 2 atom stereocenters. The van der Waals surface area contributed by atoms with Gasteiger partial charge in [-0.25, -0.2) is 0 Å². The minimum Gasteiger partial charge on any atom is -0.454 e. The monoisotopic (exact) mass is 454 g/mol. The molecule has 6 rings (SSSR count). The Kier molecular flexibility index (Phi) is 4.77. The van der Waals surface area contributed by atoms with Crippen molar-refractivity contribution in [1.82, 2.24) is 14.9 Å². The lowest BCUT2D eigenvalue weighted by Gasteiger charge is -2.29. The number of fused-ring (bicyclic) bond motifs is 1. The lowest BCUT2D eigenvalue weighted by atomic mass is 10.0. The first-order valence-corrected chi connectivity index (χ1v) is 11.2. The van der Waals surface area contributed by atoms with Gasteiger partial charge in [0.25, 0.3) is 0 Å². The summed E-state index contributed by atoms with van der Waals surface area (Å²) in [6, 6.07) is 24.3. The van der Waals surface area contributed by atoms with Gasteiger partial charge in [0, 0.05) is 35.5 Å². The number of anilines is 1. The first-order valence-electron chi connectivity index (χ1n) is 10.8. The van der Waals surface area contributed by atoms with E-state index in [9.17, 15) is 0 Å². The molecule has 4 heterocycles. The van der Waals surface area contributed by atoms with Crippen LogP contribution in [0.3, 0.4) is 0 Å². The SMILES string of the molecule is Cc1ccccc1-n1cccc1[C@H]1[C@@H](c2ccccn2)NC(=S)N1c1ccc2c(c1)OCO2. The number of rotatable bonds is 4. The minimum absolute atomic E-state index is 0.123. The number of hydrogen-bond acceptors (Lipinski definition) is 4. The van der Waals surface area contributed by atoms with E-state index >= 15 is 0 Å². The van der Waals surface area contributed by atoms with Crippen LogP contribution >= 0.6 is 12.2 Å². The molecule has 4 aromatic rings. The molecular formula is C26H22N4O2S. The van der Waals surface area contributed by atoms with E-state index < -0.39 is 0 Å². The van der Waals surface area contributed by atoms with Gasteiger partial charge < -0.3 is 24.3 Å². The summed E-state index contributed by atoms with van der Waals surface area (Å²) in [5.41, 5.74) is 5.33. The Balaban J connectivity index is 1.52. The maximum atomic E-state index is 5.87. The van der Waals surface area contributed by atoms with Crippen LogP contribution in [-0.4, -0.2) is 21.5 Å². The van der Waals surface area contributed by atoms with Crippen LogP contribution < -0.4 is 19.7 Å². The predicted molar refractivity (Wildman–Crippen MR) is 131 cm³/mol. The van der Waals surface area contributed by atoms with E-state index in [0.717, 1.165) is 34.3 Å². The molecule has 1 saturated heterocycles. The molecular weight excluding hydrogens is 432 g/mol. The van der Waals surface area contributed by atoms with E-state index in [1.807, 2.05) is 42.6 Å². The highest BCUT2D eigenvalue weighted by Gasteiger charge is 2.42. The zero-order valence-electron chi connectivity index (χ0n) is 18.0. The highest BCUT2D eigenvalue weighted by atomic mass is 32.1. The van der Waals surface area contributed by atoms with E-state index in [-0.39, 0.29) is 18.9 Å². The lowest BCUT2D eigenvalue weighted by molar-refractivity contribution is 0.174. The third-order valence-corrected chi connectivity index (χ3v) is 6.51. The van der Waals surface area contributed by atoms with Gasteiger partial charge in [-0.15, -0.1) is 0 Å². The Morgan fingerprint density at radius 3 is 2.67 bits per heavy atom. The number of ether oxygens (including phenoxy) is 2. The van der Waals surface area contributed by atoms with Crippen LogP contribution in [0.15, 0.2) is 85.2 Å². The molecule has 0 saturated carbocycles. The molecule has 164 valence electrons. The van der Waals surface area contributed by atoms with Gasteiger partial charge in [-0.2, -0.15) is 0 Å². The molecule has 0 amide bonds. The van der Waals surface area contributed by atoms with Crippen molar-refractivity contribution in [1.29, 1.82) is 0 Å². The number of aromatic nitrogens is 2. The second-order valence-electron chi connectivity index (χ2n) is 8.12. The Hall–Kier alpha value is -3.84. The van der Waals surface area contributed by atoms with Crippen molar-refractivity contribution in [2.24, 2.45) is 0 Å². The fourth-order valence-electron chi connectivity index (χ4n) is 4.66. The van der Waals surface area contributed by atoms with Gasteiger partial charge in [0.2, 0.25) is 6.79 Å². The second-order valence-corrected chi connectivity index (χ2v) is 8.51. The van der Waals surface area contributed by atoms with Crippen LogP contribution in [0.25, 0.3) is 5.69 Å². The lowest BCUT2D eigenvalue weighted by Crippen LogP contribution is -2.30. The zero-order valence-corrected chi connectivity index (χ0v) is 18.8. The van der Waals surface area contributed by atoms with Crippen molar-refractivity contribution in [2.75, 3.05) is 11.7 Å². The maximum absolute atomic E-state index is 5.87. The normalized spacial score (nSPS) is 19.1. The summed E-state index contributed by atoms with van der Waals surface area (Å²) in [7, 11) is 0. The first-order chi connectivity index (χ1) is 16.2. The quantitative estimate of drug-likeness (QED) is 0.434. The summed E-state index contributed by atoms with van der Waals surface area (Å²) in [6.45, 7) is 2.36. The van der Waals surface area contributed by atoms with Crippen molar-refractivity contribution >= 4 is 23.0 Å². The summed E-state index contributed by atoms with van der Waals surface area (Å²) in [4.78, 5) is 6.81. The molecule has 0 bridgehead atoms. The van der Waals surface area contributed by atoms with Gasteiger partial charge in [-0.3, -0.25) is 4.98 Å². The van der Waals surface area contributed by atoms with Crippen LogP contribution in [0, 0.1) is 6.92 Å². The molecule has 6 nitrogen and oxygen atoms in total. The Morgan fingerprint density at radius 1 is 0.970 bits per heavy atom. The number of benzene rings is 2. The van der Waals surface area contributed by atoms with Crippen LogP contribution in [-0.2, 0) is 0 Å². The van der Waals surface area contributed by atoms with E-state index in [0.29, 0.717) is 5.11 Å². The number of thiocarbonyl (C=S) groups is 1. The average molecular weight is 455 g/mol. The van der Waals surface area contributed by atoms with Gasteiger partial charge >= 0.3 is 0 Å². The first kappa shape index (κ1) is 19.8. The van der Waals surface area contributed by atoms with Crippen LogP contribution in [0.1, 0.15) is 29.0 Å². The number of nitrogens with zero attached hydrogens (tertiary/aromatic N) is 3. The third kappa shape index (κ3) is 3.32. The molecule has 0 unspecified atom stereocenters. The number of nitrogens with one attached hydrogen (secondary N) is 1. The standard InChI is InChI=1S/C26H22N4O2S/c1-17-7-2-3-9-20(17)29-14-6-10-21(29)25-24(19-8-4-5-13-27-19)28-26(33)30(25)18-11-12-22-23(15-18)32-16-31-22/h2-15,24-25H,16H2,1H3,(H,28,33)/t24-,25+/m1/s1. The number of pyridine rings is 1. The summed E-state index contributed by atoms with van der Waals surface area (Å²) >= 11 is 5.87.